The van der Waals surface area contributed by atoms with Crippen LogP contribution in [-0.2, 0) is 23.6 Å². The van der Waals surface area contributed by atoms with E-state index in [0.717, 1.165) is 48.2 Å². The van der Waals surface area contributed by atoms with Crippen molar-refractivity contribution in [2.45, 2.75) is 44.0 Å². The number of alkyl halides is 6. The molecular formula is C33H29F6N3O3. The van der Waals surface area contributed by atoms with Crippen molar-refractivity contribution in [2.75, 3.05) is 25.1 Å². The van der Waals surface area contributed by atoms with Crippen LogP contribution in [0.1, 0.15) is 47.4 Å². The molecule has 45 heavy (non-hydrogen) atoms. The van der Waals surface area contributed by atoms with E-state index in [-0.39, 0.29) is 18.2 Å². The Morgan fingerprint density at radius 3 is 2.16 bits per heavy atom. The van der Waals surface area contributed by atoms with Crippen molar-refractivity contribution in [2.24, 2.45) is 0 Å². The van der Waals surface area contributed by atoms with Gasteiger partial charge >= 0.3 is 18.3 Å². The zero-order chi connectivity index (χ0) is 32.4. The Hall–Kier alpha value is -4.61. The fraction of sp³-hybridized carbons (Fsp3) is 0.303. The molecule has 0 saturated carbocycles. The zero-order valence-electron chi connectivity index (χ0n) is 24.1. The number of aromatic nitrogens is 2. The molecule has 0 saturated heterocycles. The van der Waals surface area contributed by atoms with Crippen molar-refractivity contribution in [1.29, 1.82) is 0 Å². The first-order valence-electron chi connectivity index (χ1n) is 14.2. The van der Waals surface area contributed by atoms with Crippen molar-refractivity contribution in [3.63, 3.8) is 0 Å². The minimum atomic E-state index is -4.50. The van der Waals surface area contributed by atoms with Crippen LogP contribution in [0.3, 0.4) is 0 Å². The van der Waals surface area contributed by atoms with Crippen molar-refractivity contribution in [3.05, 3.63) is 95.2 Å². The Morgan fingerprint density at radius 2 is 1.56 bits per heavy atom. The molecule has 0 aliphatic heterocycles. The normalized spacial score (nSPS) is 14.7. The smallest absolute Gasteiger partial charge is 0.416 e. The molecule has 1 atom stereocenters. The minimum Gasteiger partial charge on any atom is -0.494 e. The molecular weight excluding hydrogens is 600 g/mol. The van der Waals surface area contributed by atoms with Crippen molar-refractivity contribution in [1.82, 2.24) is 9.97 Å². The number of carbonyl (C=O) groups is 1. The molecule has 6 nitrogen and oxygen atoms in total. The van der Waals surface area contributed by atoms with E-state index in [2.05, 4.69) is 9.97 Å². The number of ether oxygens (including phenoxy) is 1. The van der Waals surface area contributed by atoms with Gasteiger partial charge in [0.25, 0.3) is 0 Å². The molecule has 0 unspecified atom stereocenters. The van der Waals surface area contributed by atoms with Crippen molar-refractivity contribution in [3.8, 4) is 28.3 Å². The third kappa shape index (κ3) is 7.55. The molecule has 0 amide bonds. The molecule has 5 rings (SSSR count). The molecule has 0 spiro atoms. The zero-order valence-corrected chi connectivity index (χ0v) is 24.1. The Bertz CT molecular complexity index is 1650. The number of benzene rings is 3. The lowest BCUT2D eigenvalue weighted by molar-refractivity contribution is -0.138. The molecule has 1 N–H and O–H groups in total. The monoisotopic (exact) mass is 629 g/mol. The van der Waals surface area contributed by atoms with Crippen LogP contribution in [0.2, 0.25) is 0 Å². The summed E-state index contributed by atoms with van der Waals surface area (Å²) < 4.78 is 84.6. The topological polar surface area (TPSA) is 75.5 Å². The highest BCUT2D eigenvalue weighted by atomic mass is 19.4. The number of halogens is 6. The van der Waals surface area contributed by atoms with Gasteiger partial charge in [0.05, 0.1) is 24.2 Å². The molecule has 12 heteroatoms. The van der Waals surface area contributed by atoms with E-state index in [1.807, 2.05) is 18.2 Å². The third-order valence-corrected chi connectivity index (χ3v) is 7.77. The molecule has 0 radical (unpaired) electrons. The largest absolute Gasteiger partial charge is 0.494 e. The molecule has 0 bridgehead atoms. The predicted molar refractivity (Wildman–Crippen MR) is 156 cm³/mol. The van der Waals surface area contributed by atoms with Gasteiger partial charge in [0.15, 0.2) is 5.82 Å². The number of rotatable bonds is 10. The number of aryl methyl sites for hydroxylation is 1. The lowest BCUT2D eigenvalue weighted by Gasteiger charge is -2.22. The van der Waals surface area contributed by atoms with Crippen molar-refractivity contribution >= 4 is 11.8 Å². The van der Waals surface area contributed by atoms with Crippen molar-refractivity contribution < 1.29 is 41.0 Å². The first-order chi connectivity index (χ1) is 21.3. The quantitative estimate of drug-likeness (QED) is 0.141. The number of nitrogens with zero attached hydrogens (tertiary/aromatic N) is 3. The third-order valence-electron chi connectivity index (χ3n) is 7.77. The molecule has 1 aliphatic rings. The van der Waals surface area contributed by atoms with Crippen LogP contribution in [0, 0.1) is 0 Å². The van der Waals surface area contributed by atoms with E-state index in [4.69, 9.17) is 9.84 Å². The van der Waals surface area contributed by atoms with E-state index in [0.29, 0.717) is 47.8 Å². The van der Waals surface area contributed by atoms with Gasteiger partial charge in [0, 0.05) is 30.9 Å². The van der Waals surface area contributed by atoms with Gasteiger partial charge in [-0.1, -0.05) is 30.3 Å². The van der Waals surface area contributed by atoms with Gasteiger partial charge in [0.2, 0.25) is 0 Å². The molecule has 1 heterocycles. The van der Waals surface area contributed by atoms with Crippen LogP contribution in [0.25, 0.3) is 22.5 Å². The van der Waals surface area contributed by atoms with E-state index in [1.54, 1.807) is 11.9 Å². The molecule has 1 aliphatic carbocycles. The average Bonchev–Trinajstić information content (AvgIpc) is 3.39. The summed E-state index contributed by atoms with van der Waals surface area (Å²) in [7, 11) is 1.75. The summed E-state index contributed by atoms with van der Waals surface area (Å²) in [6, 6.07) is 14.7. The first-order valence-corrected chi connectivity index (χ1v) is 14.2. The van der Waals surface area contributed by atoms with E-state index < -0.39 is 29.4 Å². The molecule has 236 valence electrons. The molecule has 0 fully saturated rings. The Kier molecular flexibility index (Phi) is 9.03. The number of fused-ring (bicyclic) bond motifs is 1. The second-order valence-electron chi connectivity index (χ2n) is 10.9. The minimum absolute atomic E-state index is 0.000565. The van der Waals surface area contributed by atoms with Crippen LogP contribution in [0.15, 0.2) is 72.9 Å². The summed E-state index contributed by atoms with van der Waals surface area (Å²) in [4.78, 5) is 21.9. The van der Waals surface area contributed by atoms with Gasteiger partial charge in [-0.25, -0.2) is 9.97 Å². The SMILES string of the molecule is CN(CCCOc1ccc2c(c1)CC[C@H]2CC(=O)O)c1nc(-c2ccc(C(F)(F)F)cc2)ncc1-c1ccc(C(F)(F)F)cc1. The molecule has 1 aromatic heterocycles. The lowest BCUT2D eigenvalue weighted by atomic mass is 9.98. The van der Waals surface area contributed by atoms with Crippen LogP contribution < -0.4 is 9.64 Å². The predicted octanol–water partition coefficient (Wildman–Crippen LogP) is 8.26. The summed E-state index contributed by atoms with van der Waals surface area (Å²) in [5.41, 5.74) is 1.75. The highest BCUT2D eigenvalue weighted by Gasteiger charge is 2.31. The standard InChI is InChI=1S/C33H29F6N3O3/c1-42(15-2-16-45-26-13-14-27-22(17-26)3-4-23(27)18-29(43)44)31-28(20-5-9-24(10-6-20)32(34,35)36)19-40-30(41-31)21-7-11-25(12-8-21)33(37,38)39/h5-14,17,19,23H,2-4,15-16,18H2,1H3,(H,43,44)/t23-/m0/s1. The van der Waals surface area contributed by atoms with E-state index >= 15 is 0 Å². The fourth-order valence-corrected chi connectivity index (χ4v) is 5.45. The van der Waals surface area contributed by atoms with Crippen LogP contribution in [0.5, 0.6) is 5.75 Å². The summed E-state index contributed by atoms with van der Waals surface area (Å²) in [5, 5.41) is 9.14. The average molecular weight is 630 g/mol. The maximum atomic E-state index is 13.2. The number of aliphatic carboxylic acids is 1. The van der Waals surface area contributed by atoms with E-state index in [9.17, 15) is 31.1 Å². The second kappa shape index (κ2) is 12.8. The van der Waals surface area contributed by atoms with E-state index in [1.165, 1.54) is 30.5 Å². The van der Waals surface area contributed by atoms with Gasteiger partial charge in [0.1, 0.15) is 11.6 Å². The Labute approximate surface area is 255 Å². The van der Waals surface area contributed by atoms with Crippen LogP contribution >= 0.6 is 0 Å². The molecule has 3 aromatic carbocycles. The highest BCUT2D eigenvalue weighted by molar-refractivity contribution is 5.77. The van der Waals surface area contributed by atoms with Crippen LogP contribution in [0.4, 0.5) is 32.2 Å². The van der Waals surface area contributed by atoms with Gasteiger partial charge in [-0.05, 0) is 78.3 Å². The second-order valence-corrected chi connectivity index (χ2v) is 10.9. The summed E-state index contributed by atoms with van der Waals surface area (Å²) in [6.07, 6.45) is -5.34. The highest BCUT2D eigenvalue weighted by Crippen LogP contribution is 2.38. The lowest BCUT2D eigenvalue weighted by Crippen LogP contribution is -2.22. The maximum absolute atomic E-state index is 13.2. The van der Waals surface area contributed by atoms with Gasteiger partial charge in [-0.3, -0.25) is 4.79 Å². The Morgan fingerprint density at radius 1 is 0.933 bits per heavy atom. The first kappa shape index (κ1) is 31.8. The maximum Gasteiger partial charge on any atom is 0.416 e. The molecule has 4 aromatic rings. The number of carboxylic acids is 1. The van der Waals surface area contributed by atoms with Gasteiger partial charge < -0.3 is 14.7 Å². The summed E-state index contributed by atoms with van der Waals surface area (Å²) in [6.45, 7) is 0.775. The van der Waals surface area contributed by atoms with Crippen LogP contribution in [-0.4, -0.2) is 41.2 Å². The summed E-state index contributed by atoms with van der Waals surface area (Å²) in [5.74, 6) is 0.399. The summed E-state index contributed by atoms with van der Waals surface area (Å²) >= 11 is 0. The fourth-order valence-electron chi connectivity index (χ4n) is 5.45. The number of anilines is 1. The number of hydrogen-bond acceptors (Lipinski definition) is 5. The van der Waals surface area contributed by atoms with Gasteiger partial charge in [-0.2, -0.15) is 26.3 Å². The number of hydrogen-bond donors (Lipinski definition) is 1. The Balaban J connectivity index is 1.32. The number of carboxylic acid groups (broad SMARTS) is 1. The van der Waals surface area contributed by atoms with Gasteiger partial charge in [-0.15, -0.1) is 0 Å².